The van der Waals surface area contributed by atoms with Gasteiger partial charge in [0, 0.05) is 28.9 Å². The summed E-state index contributed by atoms with van der Waals surface area (Å²) in [6, 6.07) is 9.01. The highest BCUT2D eigenvalue weighted by atomic mass is 35.5. The number of hydrogen-bond donors (Lipinski definition) is 2. The van der Waals surface area contributed by atoms with Crippen molar-refractivity contribution in [1.29, 1.82) is 0 Å². The van der Waals surface area contributed by atoms with Crippen molar-refractivity contribution in [3.63, 3.8) is 0 Å². The maximum absolute atomic E-state index is 13.4. The van der Waals surface area contributed by atoms with E-state index in [0.717, 1.165) is 31.5 Å². The molecule has 1 amide bonds. The summed E-state index contributed by atoms with van der Waals surface area (Å²) in [7, 11) is 0. The zero-order chi connectivity index (χ0) is 22.7. The SMILES string of the molecule is CC(C)NC(=O)Cn1c(-c2cccc(Cl)c2)cn2cc(OCC3CCNCC3)cc2c1=O. The Kier molecular flexibility index (Phi) is 6.86. The molecule has 0 spiro atoms. The Balaban J connectivity index is 1.70. The average Bonchev–Trinajstić information content (AvgIpc) is 3.18. The first kappa shape index (κ1) is 22.4. The average molecular weight is 457 g/mol. The quantitative estimate of drug-likeness (QED) is 0.571. The van der Waals surface area contributed by atoms with E-state index in [1.807, 2.05) is 38.4 Å². The highest BCUT2D eigenvalue weighted by molar-refractivity contribution is 6.30. The largest absolute Gasteiger partial charge is 0.492 e. The van der Waals surface area contributed by atoms with Gasteiger partial charge in [0.1, 0.15) is 17.8 Å². The number of aromatic nitrogens is 2. The van der Waals surface area contributed by atoms with Gasteiger partial charge in [-0.1, -0.05) is 23.7 Å². The molecule has 3 aromatic rings. The molecule has 2 N–H and O–H groups in total. The highest BCUT2D eigenvalue weighted by Crippen LogP contribution is 2.25. The van der Waals surface area contributed by atoms with E-state index in [9.17, 15) is 9.59 Å². The number of amides is 1. The van der Waals surface area contributed by atoms with Gasteiger partial charge in [0.15, 0.2) is 0 Å². The van der Waals surface area contributed by atoms with Crippen LogP contribution < -0.4 is 20.9 Å². The third kappa shape index (κ3) is 5.16. The maximum Gasteiger partial charge on any atom is 0.275 e. The first-order valence-electron chi connectivity index (χ1n) is 11.0. The lowest BCUT2D eigenvalue weighted by Crippen LogP contribution is -2.36. The van der Waals surface area contributed by atoms with Gasteiger partial charge < -0.3 is 19.8 Å². The molecule has 4 rings (SSSR count). The van der Waals surface area contributed by atoms with E-state index >= 15 is 0 Å². The Morgan fingerprint density at radius 1 is 1.25 bits per heavy atom. The van der Waals surface area contributed by atoms with E-state index in [-0.39, 0.29) is 24.1 Å². The molecule has 1 aliphatic rings. The fraction of sp³-hybridized carbons (Fsp3) is 0.417. The van der Waals surface area contributed by atoms with E-state index in [2.05, 4.69) is 10.6 Å². The molecule has 2 aromatic heterocycles. The van der Waals surface area contributed by atoms with Gasteiger partial charge in [-0.15, -0.1) is 0 Å². The number of ether oxygens (including phenoxy) is 1. The van der Waals surface area contributed by atoms with Crippen molar-refractivity contribution < 1.29 is 9.53 Å². The zero-order valence-corrected chi connectivity index (χ0v) is 19.2. The summed E-state index contributed by atoms with van der Waals surface area (Å²) in [6.45, 7) is 6.36. The Hall–Kier alpha value is -2.77. The number of carbonyl (C=O) groups is 1. The molecular weight excluding hydrogens is 428 g/mol. The fourth-order valence-electron chi connectivity index (χ4n) is 4.07. The van der Waals surface area contributed by atoms with Gasteiger partial charge >= 0.3 is 0 Å². The van der Waals surface area contributed by atoms with Crippen LogP contribution in [0.3, 0.4) is 0 Å². The van der Waals surface area contributed by atoms with Crippen LogP contribution in [-0.4, -0.2) is 40.6 Å². The number of benzene rings is 1. The molecular formula is C24H29ClN4O3. The molecule has 32 heavy (non-hydrogen) atoms. The minimum atomic E-state index is -0.252. The molecule has 1 aliphatic heterocycles. The van der Waals surface area contributed by atoms with Crippen molar-refractivity contribution in [2.75, 3.05) is 19.7 Å². The third-order valence-electron chi connectivity index (χ3n) is 5.66. The molecule has 0 bridgehead atoms. The van der Waals surface area contributed by atoms with E-state index in [4.69, 9.17) is 16.3 Å². The minimum absolute atomic E-state index is 0.0140. The van der Waals surface area contributed by atoms with Crippen LogP contribution in [0.15, 0.2) is 47.5 Å². The second-order valence-corrected chi connectivity index (χ2v) is 9.05. The topological polar surface area (TPSA) is 76.8 Å². The lowest BCUT2D eigenvalue weighted by Gasteiger charge is -2.22. The standard InChI is InChI=1S/C24H29ClN4O3/c1-16(2)27-23(30)14-29-22(18-4-3-5-19(25)10-18)13-28-12-20(11-21(28)24(29)31)32-15-17-6-8-26-9-7-17/h3-5,10-13,16-17,26H,6-9,14-15H2,1-2H3,(H,27,30). The van der Waals surface area contributed by atoms with Crippen LogP contribution in [0.5, 0.6) is 5.75 Å². The summed E-state index contributed by atoms with van der Waals surface area (Å²) in [5, 5.41) is 6.77. The second-order valence-electron chi connectivity index (χ2n) is 8.61. The lowest BCUT2D eigenvalue weighted by atomic mass is 9.99. The monoisotopic (exact) mass is 456 g/mol. The molecule has 1 saturated heterocycles. The Morgan fingerprint density at radius 3 is 2.75 bits per heavy atom. The number of nitrogens with one attached hydrogen (secondary N) is 2. The zero-order valence-electron chi connectivity index (χ0n) is 18.4. The van der Waals surface area contributed by atoms with E-state index in [1.165, 1.54) is 4.57 Å². The summed E-state index contributed by atoms with van der Waals surface area (Å²) in [5.74, 6) is 0.948. The predicted octanol–water partition coefficient (Wildman–Crippen LogP) is 3.32. The predicted molar refractivity (Wildman–Crippen MR) is 126 cm³/mol. The second kappa shape index (κ2) is 9.79. The van der Waals surface area contributed by atoms with Gasteiger partial charge in [0.05, 0.1) is 18.5 Å². The van der Waals surface area contributed by atoms with Crippen molar-refractivity contribution in [2.45, 2.75) is 39.3 Å². The van der Waals surface area contributed by atoms with Gasteiger partial charge in [0.25, 0.3) is 5.56 Å². The van der Waals surface area contributed by atoms with E-state index in [0.29, 0.717) is 34.5 Å². The Bertz CT molecular complexity index is 1160. The summed E-state index contributed by atoms with van der Waals surface area (Å²) >= 11 is 6.20. The molecule has 0 atom stereocenters. The number of nitrogens with zero attached hydrogens (tertiary/aromatic N) is 2. The van der Waals surface area contributed by atoms with Crippen LogP contribution in [0.4, 0.5) is 0 Å². The number of carbonyl (C=O) groups excluding carboxylic acids is 1. The first-order valence-corrected chi connectivity index (χ1v) is 11.4. The van der Waals surface area contributed by atoms with E-state index in [1.54, 1.807) is 22.6 Å². The molecule has 0 saturated carbocycles. The van der Waals surface area contributed by atoms with Crippen LogP contribution in [0.1, 0.15) is 26.7 Å². The van der Waals surface area contributed by atoms with Gasteiger partial charge in [-0.25, -0.2) is 0 Å². The summed E-state index contributed by atoms with van der Waals surface area (Å²) in [6.07, 6.45) is 5.85. The molecule has 170 valence electrons. The normalized spacial score (nSPS) is 14.8. The van der Waals surface area contributed by atoms with Crippen LogP contribution in [0.2, 0.25) is 5.02 Å². The van der Waals surface area contributed by atoms with Gasteiger partial charge in [-0.05, 0) is 57.8 Å². The van der Waals surface area contributed by atoms with Crippen LogP contribution in [0, 0.1) is 5.92 Å². The van der Waals surface area contributed by atoms with Crippen molar-refractivity contribution in [2.24, 2.45) is 5.92 Å². The summed E-state index contributed by atoms with van der Waals surface area (Å²) in [4.78, 5) is 25.9. The minimum Gasteiger partial charge on any atom is -0.492 e. The molecule has 1 aromatic carbocycles. The highest BCUT2D eigenvalue weighted by Gasteiger charge is 2.18. The summed E-state index contributed by atoms with van der Waals surface area (Å²) < 4.78 is 9.29. The van der Waals surface area contributed by atoms with Crippen LogP contribution in [-0.2, 0) is 11.3 Å². The number of halogens is 1. The van der Waals surface area contributed by atoms with E-state index < -0.39 is 0 Å². The molecule has 8 heteroatoms. The fourth-order valence-corrected chi connectivity index (χ4v) is 4.26. The van der Waals surface area contributed by atoms with Crippen molar-refractivity contribution in [3.05, 3.63) is 58.1 Å². The number of piperidine rings is 1. The molecule has 1 fully saturated rings. The molecule has 0 radical (unpaired) electrons. The van der Waals surface area contributed by atoms with Gasteiger partial charge in [0.2, 0.25) is 5.91 Å². The van der Waals surface area contributed by atoms with Crippen LogP contribution in [0.25, 0.3) is 16.8 Å². The van der Waals surface area contributed by atoms with Gasteiger partial charge in [-0.3, -0.25) is 14.2 Å². The van der Waals surface area contributed by atoms with Gasteiger partial charge in [-0.2, -0.15) is 0 Å². The maximum atomic E-state index is 13.4. The van der Waals surface area contributed by atoms with Crippen molar-refractivity contribution in [3.8, 4) is 17.0 Å². The number of fused-ring (bicyclic) bond motifs is 1. The molecule has 0 unspecified atom stereocenters. The van der Waals surface area contributed by atoms with Crippen LogP contribution >= 0.6 is 11.6 Å². The number of hydrogen-bond acceptors (Lipinski definition) is 4. The Morgan fingerprint density at radius 2 is 2.03 bits per heavy atom. The molecule has 7 nitrogen and oxygen atoms in total. The number of rotatable bonds is 7. The van der Waals surface area contributed by atoms with Crippen molar-refractivity contribution in [1.82, 2.24) is 19.6 Å². The van der Waals surface area contributed by atoms with Crippen molar-refractivity contribution >= 4 is 23.0 Å². The molecule has 0 aliphatic carbocycles. The Labute approximate surface area is 192 Å². The molecule has 3 heterocycles. The first-order chi connectivity index (χ1) is 15.4. The lowest BCUT2D eigenvalue weighted by molar-refractivity contribution is -0.122. The summed E-state index contributed by atoms with van der Waals surface area (Å²) in [5.41, 5.74) is 1.59. The third-order valence-corrected chi connectivity index (χ3v) is 5.89. The smallest absolute Gasteiger partial charge is 0.275 e.